The van der Waals surface area contributed by atoms with Crippen molar-refractivity contribution in [3.63, 3.8) is 0 Å². The molecule has 7 nitrogen and oxygen atoms in total. The predicted molar refractivity (Wildman–Crippen MR) is 68.4 cm³/mol. The van der Waals surface area contributed by atoms with E-state index in [9.17, 15) is 4.79 Å². The molecule has 2 aromatic heterocycles. The first-order valence-electron chi connectivity index (χ1n) is 5.53. The number of aromatic nitrogens is 5. The van der Waals surface area contributed by atoms with Crippen LogP contribution in [0.3, 0.4) is 0 Å². The van der Waals surface area contributed by atoms with Gasteiger partial charge in [-0.3, -0.25) is 4.57 Å². The van der Waals surface area contributed by atoms with E-state index in [1.807, 2.05) is 13.8 Å². The Morgan fingerprint density at radius 2 is 2.28 bits per heavy atom. The second-order valence-corrected chi connectivity index (χ2v) is 4.71. The summed E-state index contributed by atoms with van der Waals surface area (Å²) in [5, 5.41) is 7.72. The number of nitrogen functional groups attached to an aromatic ring is 1. The maximum Gasteiger partial charge on any atom is 0.343 e. The van der Waals surface area contributed by atoms with Crippen molar-refractivity contribution in [3.05, 3.63) is 22.4 Å². The maximum absolute atomic E-state index is 11.5. The van der Waals surface area contributed by atoms with Gasteiger partial charge in [0, 0.05) is 12.1 Å². The molecule has 0 radical (unpaired) electrons. The topological polar surface area (TPSA) is 102 Å². The summed E-state index contributed by atoms with van der Waals surface area (Å²) in [5.41, 5.74) is 6.30. The molecular formula is C10H14N6OS. The first-order valence-corrected chi connectivity index (χ1v) is 6.35. The van der Waals surface area contributed by atoms with Crippen molar-refractivity contribution in [2.24, 2.45) is 0 Å². The molecule has 0 atom stereocenters. The molecule has 96 valence electrons. The lowest BCUT2D eigenvalue weighted by atomic mass is 10.4. The van der Waals surface area contributed by atoms with E-state index in [4.69, 9.17) is 5.73 Å². The largest absolute Gasteiger partial charge is 0.383 e. The van der Waals surface area contributed by atoms with Crippen molar-refractivity contribution in [1.82, 2.24) is 24.7 Å². The number of anilines is 1. The molecular weight excluding hydrogens is 252 g/mol. The van der Waals surface area contributed by atoms with Crippen LogP contribution in [-0.2, 0) is 6.54 Å². The summed E-state index contributed by atoms with van der Waals surface area (Å²) in [4.78, 5) is 19.6. The van der Waals surface area contributed by atoms with Gasteiger partial charge in [-0.05, 0) is 25.1 Å². The molecule has 0 saturated heterocycles. The first kappa shape index (κ1) is 12.6. The third-order valence-corrected chi connectivity index (χ3v) is 3.53. The van der Waals surface area contributed by atoms with E-state index in [-0.39, 0.29) is 5.69 Å². The summed E-state index contributed by atoms with van der Waals surface area (Å²) in [6, 6.07) is 0. The molecule has 0 saturated carbocycles. The third-order valence-electron chi connectivity index (χ3n) is 2.44. The lowest BCUT2D eigenvalue weighted by Crippen LogP contribution is -2.17. The fourth-order valence-corrected chi connectivity index (χ4v) is 2.34. The maximum atomic E-state index is 11.5. The summed E-state index contributed by atoms with van der Waals surface area (Å²) in [6.45, 7) is 4.46. The lowest BCUT2D eigenvalue weighted by molar-refractivity contribution is 0.603. The average molecular weight is 266 g/mol. The van der Waals surface area contributed by atoms with Gasteiger partial charge < -0.3 is 5.73 Å². The molecule has 0 amide bonds. The van der Waals surface area contributed by atoms with Crippen molar-refractivity contribution in [3.8, 4) is 0 Å². The van der Waals surface area contributed by atoms with Gasteiger partial charge >= 0.3 is 5.69 Å². The Morgan fingerprint density at radius 3 is 3.00 bits per heavy atom. The first-order chi connectivity index (χ1) is 8.63. The zero-order chi connectivity index (χ0) is 13.1. The van der Waals surface area contributed by atoms with Gasteiger partial charge in [-0.1, -0.05) is 6.92 Å². The summed E-state index contributed by atoms with van der Waals surface area (Å²) in [6.07, 6.45) is 2.26. The molecule has 0 aliphatic heterocycles. The van der Waals surface area contributed by atoms with Crippen LogP contribution in [0.5, 0.6) is 0 Å². The zero-order valence-corrected chi connectivity index (χ0v) is 11.0. The normalized spacial score (nSPS) is 10.8. The zero-order valence-electron chi connectivity index (χ0n) is 10.2. The van der Waals surface area contributed by atoms with E-state index in [2.05, 4.69) is 20.2 Å². The molecule has 0 aliphatic carbocycles. The van der Waals surface area contributed by atoms with Crippen molar-refractivity contribution in [1.29, 1.82) is 0 Å². The molecule has 2 aromatic rings. The predicted octanol–water partition coefficient (Wildman–Crippen LogP) is 0.813. The van der Waals surface area contributed by atoms with Crippen LogP contribution in [0.1, 0.15) is 18.9 Å². The summed E-state index contributed by atoms with van der Waals surface area (Å²) < 4.78 is 1.59. The molecule has 3 N–H and O–H groups in total. The van der Waals surface area contributed by atoms with Gasteiger partial charge in [0.1, 0.15) is 17.2 Å². The second kappa shape index (κ2) is 5.21. The van der Waals surface area contributed by atoms with Crippen molar-refractivity contribution in [2.45, 2.75) is 37.0 Å². The van der Waals surface area contributed by atoms with Gasteiger partial charge in [0.2, 0.25) is 0 Å². The molecule has 0 unspecified atom stereocenters. The number of H-pyrrole nitrogens is 1. The summed E-state index contributed by atoms with van der Waals surface area (Å²) >= 11 is 1.31. The molecule has 0 spiro atoms. The molecule has 0 bridgehead atoms. The van der Waals surface area contributed by atoms with Crippen molar-refractivity contribution < 1.29 is 0 Å². The highest BCUT2D eigenvalue weighted by molar-refractivity contribution is 7.99. The number of rotatable bonds is 4. The van der Waals surface area contributed by atoms with Crippen LogP contribution in [0.4, 0.5) is 5.82 Å². The molecule has 8 heteroatoms. The number of aromatic amines is 1. The molecule has 0 fully saturated rings. The van der Waals surface area contributed by atoms with Gasteiger partial charge in [0.05, 0.1) is 0 Å². The van der Waals surface area contributed by atoms with Crippen LogP contribution in [-0.4, -0.2) is 24.7 Å². The smallest absolute Gasteiger partial charge is 0.343 e. The Hall–Kier alpha value is -1.83. The van der Waals surface area contributed by atoms with Crippen LogP contribution in [0, 0.1) is 6.92 Å². The number of nitrogens with zero attached hydrogens (tertiary/aromatic N) is 4. The Morgan fingerprint density at radius 1 is 1.50 bits per heavy atom. The molecule has 2 heterocycles. The van der Waals surface area contributed by atoms with E-state index in [1.54, 1.807) is 4.57 Å². The Balaban J connectivity index is 2.34. The monoisotopic (exact) mass is 266 g/mol. The highest BCUT2D eigenvalue weighted by Gasteiger charge is 2.12. The van der Waals surface area contributed by atoms with Gasteiger partial charge in [-0.25, -0.2) is 19.9 Å². The fraction of sp³-hybridized carbons (Fsp3) is 0.400. The van der Waals surface area contributed by atoms with Crippen molar-refractivity contribution >= 4 is 17.6 Å². The summed E-state index contributed by atoms with van der Waals surface area (Å²) in [5.74, 6) is 0.437. The van der Waals surface area contributed by atoms with E-state index < -0.39 is 0 Å². The third kappa shape index (κ3) is 2.37. The van der Waals surface area contributed by atoms with Gasteiger partial charge in [0.15, 0.2) is 5.16 Å². The van der Waals surface area contributed by atoms with Crippen molar-refractivity contribution in [2.75, 3.05) is 5.73 Å². The standard InChI is InChI=1S/C10H14N6OS/c1-3-4-16-9(17)14-15-10(16)18-8-6(2)7(11)12-5-13-8/h5H,3-4H2,1-2H3,(H,14,17)(H2,11,12,13). The van der Waals surface area contributed by atoms with E-state index in [0.29, 0.717) is 22.5 Å². The Bertz CT molecular complexity index is 605. The van der Waals surface area contributed by atoms with Crippen LogP contribution < -0.4 is 11.4 Å². The van der Waals surface area contributed by atoms with Gasteiger partial charge in [-0.2, -0.15) is 0 Å². The summed E-state index contributed by atoms with van der Waals surface area (Å²) in [7, 11) is 0. The Labute approximate surface area is 108 Å². The molecule has 0 aromatic carbocycles. The Kier molecular flexibility index (Phi) is 3.66. The van der Waals surface area contributed by atoms with Crippen LogP contribution in [0.15, 0.2) is 21.3 Å². The van der Waals surface area contributed by atoms with Gasteiger partial charge in [0.25, 0.3) is 0 Å². The minimum absolute atomic E-state index is 0.209. The highest BCUT2D eigenvalue weighted by atomic mass is 32.2. The second-order valence-electron chi connectivity index (χ2n) is 3.75. The quantitative estimate of drug-likeness (QED) is 0.794. The number of hydrogen-bond acceptors (Lipinski definition) is 6. The SMILES string of the molecule is CCCn1c(Sc2ncnc(N)c2C)n[nH]c1=O. The molecule has 2 rings (SSSR count). The van der Waals surface area contributed by atoms with E-state index in [1.165, 1.54) is 18.1 Å². The van der Waals surface area contributed by atoms with Crippen LogP contribution >= 0.6 is 11.8 Å². The number of nitrogens with two attached hydrogens (primary N) is 1. The van der Waals surface area contributed by atoms with E-state index >= 15 is 0 Å². The van der Waals surface area contributed by atoms with Gasteiger partial charge in [-0.15, -0.1) is 5.10 Å². The minimum Gasteiger partial charge on any atom is -0.383 e. The van der Waals surface area contributed by atoms with Crippen LogP contribution in [0.25, 0.3) is 0 Å². The minimum atomic E-state index is -0.209. The molecule has 0 aliphatic rings. The van der Waals surface area contributed by atoms with E-state index in [0.717, 1.165) is 12.0 Å². The average Bonchev–Trinajstić information content (AvgIpc) is 2.68. The molecule has 18 heavy (non-hydrogen) atoms. The number of nitrogens with one attached hydrogen (secondary N) is 1. The number of hydrogen-bond donors (Lipinski definition) is 2. The van der Waals surface area contributed by atoms with Crippen LogP contribution in [0.2, 0.25) is 0 Å². The lowest BCUT2D eigenvalue weighted by Gasteiger charge is -2.06. The fourth-order valence-electron chi connectivity index (χ4n) is 1.44. The highest BCUT2D eigenvalue weighted by Crippen LogP contribution is 2.27.